The van der Waals surface area contributed by atoms with E-state index in [2.05, 4.69) is 266 Å². The van der Waals surface area contributed by atoms with Crippen molar-refractivity contribution in [3.05, 3.63) is 283 Å². The Hall–Kier alpha value is -8.96. The maximum absolute atomic E-state index is 3.31. The lowest BCUT2D eigenvalue weighted by Crippen LogP contribution is -1.96. The zero-order valence-electron chi connectivity index (χ0n) is 39.8. The number of para-hydroxylation sites is 4. The molecule has 16 rings (SSSR count). The van der Waals surface area contributed by atoms with Gasteiger partial charge in [-0.05, 0) is 118 Å². The highest BCUT2D eigenvalue weighted by atomic mass is 79.9. The van der Waals surface area contributed by atoms with Gasteiger partial charge in [0.25, 0.3) is 0 Å². The van der Waals surface area contributed by atoms with Crippen LogP contribution in [0.5, 0.6) is 0 Å². The van der Waals surface area contributed by atoms with Crippen LogP contribution in [0, 0.1) is 0 Å². The molecule has 73 heavy (non-hydrogen) atoms. The third kappa shape index (κ3) is 7.17. The van der Waals surface area contributed by atoms with Gasteiger partial charge in [0, 0.05) is 64.6 Å². The molecule has 0 radical (unpaired) electrons. The number of fused-ring (bicyclic) bond motifs is 16. The summed E-state index contributed by atoms with van der Waals surface area (Å²) >= 11 is 3.31. The first kappa shape index (κ1) is 42.9. The molecule has 0 aliphatic heterocycles. The largest absolute Gasteiger partial charge is 0.309 e. The highest BCUT2D eigenvalue weighted by Crippen LogP contribution is 2.45. The molecule has 0 N–H and O–H groups in total. The predicted octanol–water partition coefficient (Wildman–Crippen LogP) is 19.0. The van der Waals surface area contributed by atoms with E-state index in [0.717, 1.165) is 10.9 Å². The van der Waals surface area contributed by atoms with E-state index in [1.54, 1.807) is 0 Å². The van der Waals surface area contributed by atoms with Gasteiger partial charge in [-0.15, -0.1) is 0 Å². The average Bonchev–Trinajstić information content (AvgIpc) is 4.19. The van der Waals surface area contributed by atoms with Gasteiger partial charge in [0.05, 0.1) is 33.1 Å². The summed E-state index contributed by atoms with van der Waals surface area (Å²) in [6.45, 7) is 0. The molecule has 3 nitrogen and oxygen atoms in total. The summed E-state index contributed by atoms with van der Waals surface area (Å²) < 4.78 is 8.43. The lowest BCUT2D eigenvalue weighted by Gasteiger charge is -2.11. The van der Waals surface area contributed by atoms with Gasteiger partial charge in [0.2, 0.25) is 0 Å². The van der Waals surface area contributed by atoms with Gasteiger partial charge in [-0.1, -0.05) is 204 Å². The van der Waals surface area contributed by atoms with E-state index in [1.807, 2.05) is 30.3 Å². The molecular formula is C69H46BrN3. The first-order valence-electron chi connectivity index (χ1n) is 25.0. The average molecular weight is 997 g/mol. The molecule has 0 atom stereocenters. The molecule has 1 aliphatic carbocycles. The SMILES string of the molecule is Brc1ccccc1.c1ccc(-n2c3cc4c(cc3c3ccc5ccccc5c32)-c2ccccc2C4)cc1.c1ccc(-n2c3ccccc3c3cc4c5ccc6ccccc6c5n(-c5ccccc5)c4cc32)cc1. The van der Waals surface area contributed by atoms with Crippen LogP contribution in [0.25, 0.3) is 115 Å². The Bertz CT molecular complexity index is 4570. The number of benzene rings is 12. The summed E-state index contributed by atoms with van der Waals surface area (Å²) in [7, 11) is 0. The van der Waals surface area contributed by atoms with Gasteiger partial charge in [0.15, 0.2) is 0 Å². The fourth-order valence-corrected chi connectivity index (χ4v) is 11.9. The second-order valence-corrected chi connectivity index (χ2v) is 19.9. The molecule has 0 saturated heterocycles. The normalized spacial score (nSPS) is 11.8. The fraction of sp³-hybridized carbons (Fsp3) is 0.0145. The van der Waals surface area contributed by atoms with Gasteiger partial charge in [0.1, 0.15) is 0 Å². The van der Waals surface area contributed by atoms with Crippen LogP contribution >= 0.6 is 15.9 Å². The predicted molar refractivity (Wildman–Crippen MR) is 313 cm³/mol. The summed E-state index contributed by atoms with van der Waals surface area (Å²) in [5.74, 6) is 0. The number of rotatable bonds is 3. The first-order chi connectivity index (χ1) is 36.2. The second kappa shape index (κ2) is 17.7. The minimum atomic E-state index is 1.01. The summed E-state index contributed by atoms with van der Waals surface area (Å²) in [5, 5.41) is 12.9. The van der Waals surface area contributed by atoms with E-state index in [4.69, 9.17) is 0 Å². The van der Waals surface area contributed by atoms with Crippen LogP contribution in [-0.4, -0.2) is 13.7 Å². The van der Waals surface area contributed by atoms with Gasteiger partial charge >= 0.3 is 0 Å². The molecule has 0 spiro atoms. The molecule has 0 amide bonds. The molecule has 344 valence electrons. The molecule has 0 bridgehead atoms. The number of hydrogen-bond donors (Lipinski definition) is 0. The summed E-state index contributed by atoms with van der Waals surface area (Å²) in [5.41, 5.74) is 16.7. The molecule has 1 aliphatic rings. The van der Waals surface area contributed by atoms with Crippen molar-refractivity contribution in [2.75, 3.05) is 0 Å². The Morgan fingerprint density at radius 3 is 1.27 bits per heavy atom. The third-order valence-corrected chi connectivity index (χ3v) is 15.3. The Kier molecular flexibility index (Phi) is 10.4. The summed E-state index contributed by atoms with van der Waals surface area (Å²) in [6.07, 6.45) is 1.01. The van der Waals surface area contributed by atoms with E-state index in [9.17, 15) is 0 Å². The van der Waals surface area contributed by atoms with Gasteiger partial charge in [-0.25, -0.2) is 0 Å². The standard InChI is InChI=1S/C34H22N2.C29H19N.C6H5Br/c1-3-12-24(13-4-1)35-31-18-10-9-17-27(31)29-21-30-28-20-19-23-11-7-8-16-26(23)34(28)36(33(30)22-32(29)35)25-14-5-2-6-15-25;1-2-10-22(11-3-1)30-28-17-21-16-20-9-5-6-12-23(20)26(21)18-27(28)25-15-14-19-8-4-7-13-24(19)29(25)30;7-6-4-2-1-3-5-6/h1-22H;1-15,17-18H,16H2;1-5H. The van der Waals surface area contributed by atoms with Crippen LogP contribution in [0.1, 0.15) is 11.1 Å². The highest BCUT2D eigenvalue weighted by molar-refractivity contribution is 9.10. The second-order valence-electron chi connectivity index (χ2n) is 18.9. The monoisotopic (exact) mass is 995 g/mol. The van der Waals surface area contributed by atoms with E-state index in [1.165, 1.54) is 126 Å². The molecule has 3 heterocycles. The molecular weight excluding hydrogens is 951 g/mol. The third-order valence-electron chi connectivity index (χ3n) is 14.8. The molecule has 4 heteroatoms. The summed E-state index contributed by atoms with van der Waals surface area (Å²) in [4.78, 5) is 0. The lowest BCUT2D eigenvalue weighted by molar-refractivity contribution is 1.17. The van der Waals surface area contributed by atoms with E-state index < -0.39 is 0 Å². The fourth-order valence-electron chi connectivity index (χ4n) is 11.6. The molecule has 15 aromatic rings. The Morgan fingerprint density at radius 1 is 0.260 bits per heavy atom. The van der Waals surface area contributed by atoms with E-state index in [0.29, 0.717) is 0 Å². The van der Waals surface area contributed by atoms with Crippen molar-refractivity contribution < 1.29 is 0 Å². The van der Waals surface area contributed by atoms with Crippen molar-refractivity contribution in [1.29, 1.82) is 0 Å². The topological polar surface area (TPSA) is 14.8 Å². The highest BCUT2D eigenvalue weighted by Gasteiger charge is 2.23. The quantitative estimate of drug-likeness (QED) is 0.168. The molecule has 12 aromatic carbocycles. The Balaban J connectivity index is 0.000000121. The van der Waals surface area contributed by atoms with Crippen LogP contribution in [-0.2, 0) is 6.42 Å². The summed E-state index contributed by atoms with van der Waals surface area (Å²) in [6, 6.07) is 95.9. The number of halogens is 1. The van der Waals surface area contributed by atoms with Crippen LogP contribution in [0.4, 0.5) is 0 Å². The van der Waals surface area contributed by atoms with Crippen molar-refractivity contribution in [2.45, 2.75) is 6.42 Å². The van der Waals surface area contributed by atoms with Crippen LogP contribution < -0.4 is 0 Å². The number of hydrogen-bond acceptors (Lipinski definition) is 0. The molecule has 0 saturated carbocycles. The lowest BCUT2D eigenvalue weighted by atomic mass is 10.0. The van der Waals surface area contributed by atoms with Crippen LogP contribution in [0.15, 0.2) is 271 Å². The van der Waals surface area contributed by atoms with E-state index in [-0.39, 0.29) is 0 Å². The van der Waals surface area contributed by atoms with Crippen molar-refractivity contribution in [2.24, 2.45) is 0 Å². The Labute approximate surface area is 431 Å². The van der Waals surface area contributed by atoms with Crippen molar-refractivity contribution >= 4 is 103 Å². The van der Waals surface area contributed by atoms with Crippen LogP contribution in [0.2, 0.25) is 0 Å². The van der Waals surface area contributed by atoms with Crippen molar-refractivity contribution in [1.82, 2.24) is 13.7 Å². The zero-order chi connectivity index (χ0) is 48.4. The molecule has 0 fully saturated rings. The minimum absolute atomic E-state index is 1.01. The number of aromatic nitrogens is 3. The van der Waals surface area contributed by atoms with Crippen molar-refractivity contribution in [3.8, 4) is 28.2 Å². The maximum Gasteiger partial charge on any atom is 0.0619 e. The number of nitrogens with zero attached hydrogens (tertiary/aromatic N) is 3. The van der Waals surface area contributed by atoms with Gasteiger partial charge < -0.3 is 13.7 Å². The first-order valence-corrected chi connectivity index (χ1v) is 25.8. The molecule has 0 unspecified atom stereocenters. The minimum Gasteiger partial charge on any atom is -0.309 e. The Morgan fingerprint density at radius 2 is 0.699 bits per heavy atom. The van der Waals surface area contributed by atoms with Gasteiger partial charge in [-0.3, -0.25) is 0 Å². The molecule has 3 aromatic heterocycles. The van der Waals surface area contributed by atoms with Crippen molar-refractivity contribution in [3.63, 3.8) is 0 Å². The van der Waals surface area contributed by atoms with Crippen LogP contribution in [0.3, 0.4) is 0 Å². The van der Waals surface area contributed by atoms with E-state index >= 15 is 0 Å². The smallest absolute Gasteiger partial charge is 0.0619 e. The van der Waals surface area contributed by atoms with Gasteiger partial charge in [-0.2, -0.15) is 0 Å². The zero-order valence-corrected chi connectivity index (χ0v) is 41.4. The maximum atomic E-state index is 3.31.